The molecule has 5 rings (SSSR count). The molecule has 5 heterocycles. The number of thioether (sulfide) groups is 1. The van der Waals surface area contributed by atoms with Crippen LogP contribution in [0.15, 0.2) is 18.7 Å². The van der Waals surface area contributed by atoms with Gasteiger partial charge in [-0.25, -0.2) is 9.78 Å². The van der Waals surface area contributed by atoms with Crippen molar-refractivity contribution in [2.24, 2.45) is 35.1 Å². The molecule has 3 aliphatic rings. The first kappa shape index (κ1) is 66.1. The second kappa shape index (κ2) is 34.7. The molecule has 2 aromatic heterocycles. The smallest absolute Gasteiger partial charge is 0.315 e. The molecule has 0 unspecified atom stereocenters. The first-order valence-electron chi connectivity index (χ1n) is 28.0. The van der Waals surface area contributed by atoms with Gasteiger partial charge in [0.15, 0.2) is 17.3 Å². The van der Waals surface area contributed by atoms with Crippen molar-refractivity contribution >= 4 is 76.4 Å². The molecule has 0 saturated carbocycles. The zero-order valence-corrected chi connectivity index (χ0v) is 47.5. The second-order valence-corrected chi connectivity index (χ2v) is 22.6. The number of nitrogens with two attached hydrogens (primary N) is 2. The number of H-pyrrole nitrogens is 1. The van der Waals surface area contributed by atoms with Crippen LogP contribution in [0.1, 0.15) is 109 Å². The van der Waals surface area contributed by atoms with E-state index in [9.17, 15) is 57.8 Å². The highest BCUT2D eigenvalue weighted by molar-refractivity contribution is 8.00. The van der Waals surface area contributed by atoms with Crippen LogP contribution in [0, 0.1) is 23.7 Å². The number of fused-ring (bicyclic) bond motifs is 3. The molecule has 2 fully saturated rings. The summed E-state index contributed by atoms with van der Waals surface area (Å²) in [4.78, 5) is 151. The lowest BCUT2D eigenvalue weighted by Gasteiger charge is -2.26. The number of aromatic amines is 1. The quantitative estimate of drug-likeness (QED) is 0.0375. The number of ketones is 4. The normalized spacial score (nSPS) is 24.8. The van der Waals surface area contributed by atoms with Crippen LogP contribution in [0.25, 0.3) is 0 Å². The van der Waals surface area contributed by atoms with Gasteiger partial charge in [-0.3, -0.25) is 52.6 Å². The predicted molar refractivity (Wildman–Crippen MR) is 294 cm³/mol. The number of aromatic nitrogens is 5. The summed E-state index contributed by atoms with van der Waals surface area (Å²) < 4.78 is 18.2. The van der Waals surface area contributed by atoms with Crippen LogP contribution in [-0.2, 0) is 81.5 Å². The number of rotatable bonds is 26. The summed E-state index contributed by atoms with van der Waals surface area (Å²) in [5.74, 6) is -10.2. The number of carbonyl (C=O) groups is 11. The molecule has 0 aliphatic carbocycles. The summed E-state index contributed by atoms with van der Waals surface area (Å²) in [5, 5.41) is 35.1. The average molecular weight is 1170 g/mol. The molecule has 12 N–H and O–H groups in total. The van der Waals surface area contributed by atoms with Crippen molar-refractivity contribution < 1.29 is 72.1 Å². The minimum atomic E-state index is -1.61. The van der Waals surface area contributed by atoms with Crippen molar-refractivity contribution in [3.05, 3.63) is 30.1 Å². The largest absolute Gasteiger partial charge is 0.396 e. The highest BCUT2D eigenvalue weighted by atomic mass is 32.2. The Bertz CT molecular complexity index is 2480. The molecule has 8 amide bonds. The number of nitrogens with zero attached hydrogens (tertiary/aromatic N) is 4. The third-order valence-electron chi connectivity index (χ3n) is 14.3. The number of ether oxygens (including phenoxy) is 3. The number of imidazole rings is 1. The number of primary amides is 2. The Kier molecular flexibility index (Phi) is 28.0. The van der Waals surface area contributed by atoms with E-state index >= 15 is 0 Å². The number of unbranched alkanes of at least 4 members (excludes halogenated alkanes) is 1. The number of hydrogen-bond donors (Lipinski definition) is 10. The van der Waals surface area contributed by atoms with Crippen LogP contribution >= 0.6 is 11.8 Å². The SMILES string of the molecule is CC(C)[C@H]1NC(=O)[C@@H](CO)CC(=O)[C@@H](CC(N)=O)NC(=O)[C@@H](CC(=O)COCCOCCOCCCC(=O)CCCC[C@H]2SC[C@H]3NC(=O)N[C@H]32)Cc2cn(nn2)CCCC[C@@H](C(N)=O)NC(=O)CNC(=O)[C@@H](Cc2cnc[nH]2)CC1=O. The van der Waals surface area contributed by atoms with Gasteiger partial charge >= 0.3 is 6.03 Å². The van der Waals surface area contributed by atoms with E-state index in [-0.39, 0.29) is 81.8 Å². The zero-order valence-electron chi connectivity index (χ0n) is 46.7. The van der Waals surface area contributed by atoms with Gasteiger partial charge in [0.2, 0.25) is 35.4 Å². The molecule has 9 atom stereocenters. The maximum Gasteiger partial charge on any atom is 0.315 e. The van der Waals surface area contributed by atoms with Gasteiger partial charge in [-0.05, 0) is 44.4 Å². The molecular weight excluding hydrogens is 1090 g/mol. The highest BCUT2D eigenvalue weighted by Gasteiger charge is 2.43. The van der Waals surface area contributed by atoms with Crippen LogP contribution in [0.3, 0.4) is 0 Å². The number of carbonyl (C=O) groups excluding carboxylic acids is 11. The fraction of sp³-hybridized carbons (Fsp3) is 0.698. The molecule has 0 radical (unpaired) electrons. The van der Waals surface area contributed by atoms with Crippen molar-refractivity contribution in [3.8, 4) is 0 Å². The van der Waals surface area contributed by atoms with E-state index in [1.165, 1.54) is 17.2 Å². The van der Waals surface area contributed by atoms with Crippen molar-refractivity contribution in [1.82, 2.24) is 56.9 Å². The van der Waals surface area contributed by atoms with Gasteiger partial charge in [0.25, 0.3) is 0 Å². The number of hydrogen-bond acceptors (Lipinski definition) is 19. The Morgan fingerprint density at radius 3 is 2.21 bits per heavy atom. The molecule has 28 nitrogen and oxygen atoms in total. The van der Waals surface area contributed by atoms with Crippen LogP contribution in [0.4, 0.5) is 4.79 Å². The van der Waals surface area contributed by atoms with Crippen LogP contribution in [0.5, 0.6) is 0 Å². The summed E-state index contributed by atoms with van der Waals surface area (Å²) in [6, 6.07) is -3.70. The predicted octanol–water partition coefficient (Wildman–Crippen LogP) is -1.60. The first-order chi connectivity index (χ1) is 39.3. The maximum atomic E-state index is 14.1. The molecule has 2 saturated heterocycles. The Morgan fingerprint density at radius 1 is 0.780 bits per heavy atom. The monoisotopic (exact) mass is 1170 g/mol. The Hall–Kier alpha value is -6.69. The number of aliphatic hydroxyl groups excluding tert-OH is 1. The van der Waals surface area contributed by atoms with Gasteiger partial charge in [0.1, 0.15) is 18.4 Å². The van der Waals surface area contributed by atoms with E-state index in [0.717, 1.165) is 25.0 Å². The average Bonchev–Trinajstić information content (AvgIpc) is 4.31. The maximum absolute atomic E-state index is 14.1. The third kappa shape index (κ3) is 22.9. The summed E-state index contributed by atoms with van der Waals surface area (Å²) in [6.07, 6.45) is 7.04. The number of urea groups is 1. The number of nitrogens with one attached hydrogen (secondary N) is 7. The lowest BCUT2D eigenvalue weighted by molar-refractivity contribution is -0.137. The molecule has 0 aromatic carbocycles. The van der Waals surface area contributed by atoms with Gasteiger partial charge in [-0.1, -0.05) is 25.5 Å². The Labute approximate surface area is 479 Å². The summed E-state index contributed by atoms with van der Waals surface area (Å²) in [7, 11) is 0. The molecular formula is C53H81N13O15S. The van der Waals surface area contributed by atoms with Crippen LogP contribution in [-0.4, -0.2) is 189 Å². The van der Waals surface area contributed by atoms with E-state index in [2.05, 4.69) is 52.2 Å². The van der Waals surface area contributed by atoms with E-state index in [1.54, 1.807) is 20.0 Å². The lowest BCUT2D eigenvalue weighted by atomic mass is 9.88. The van der Waals surface area contributed by atoms with Crippen LogP contribution in [0.2, 0.25) is 0 Å². The molecule has 3 aliphatic heterocycles. The summed E-state index contributed by atoms with van der Waals surface area (Å²) >= 11 is 1.86. The van der Waals surface area contributed by atoms with E-state index < -0.39 is 140 Å². The molecule has 454 valence electrons. The minimum Gasteiger partial charge on any atom is -0.396 e. The van der Waals surface area contributed by atoms with Gasteiger partial charge in [0, 0.05) is 87.2 Å². The van der Waals surface area contributed by atoms with Gasteiger partial charge in [-0.2, -0.15) is 11.8 Å². The van der Waals surface area contributed by atoms with Gasteiger partial charge < -0.3 is 67.7 Å². The minimum absolute atomic E-state index is 0.0217. The van der Waals surface area contributed by atoms with E-state index in [1.807, 2.05) is 11.8 Å². The molecule has 2 aromatic rings. The fourth-order valence-corrected chi connectivity index (χ4v) is 11.4. The molecule has 82 heavy (non-hydrogen) atoms. The van der Waals surface area contributed by atoms with E-state index in [4.69, 9.17) is 25.7 Å². The topological polar surface area (TPSA) is 419 Å². The number of Topliss-reactive ketones (excluding diaryl/α,β-unsaturated/α-hetero) is 4. The molecule has 0 spiro atoms. The summed E-state index contributed by atoms with van der Waals surface area (Å²) in [5.41, 5.74) is 11.9. The van der Waals surface area contributed by atoms with Gasteiger partial charge in [0.05, 0.1) is 99.9 Å². The first-order valence-corrected chi connectivity index (χ1v) is 29.1. The standard InChI is InChI=1S/C53H81N13O15S/c1-31(2)47-43(71)21-33(18-35-24-56-30-58-35)50(75)57-25-46(73)59-39(49(55)74)10-5-6-12-66-26-36(64-65-66)19-32(51(76)60-40(23-45(54)72)42(70)22-34(27-67)52(77)62-47)20-38(69)28-81-17-16-80-15-14-79-13-7-9-37(68)8-3-4-11-44-48-41(29-82-44)61-53(78)63-48/h24,26,30-34,39-41,44,47-48,67H,3-23,25,27-29H2,1-2H3,(H2,54,72)(H2,55,74)(H,56,58)(H,57,75)(H,59,73)(H,60,76)(H,62,77)(H2,61,63,78)/t32-,33+,34-,39+,40-,41-,44-,47-,48-/m1/s1. The molecule has 2 bridgehead atoms. The third-order valence-corrected chi connectivity index (χ3v) is 15.8. The Balaban J connectivity index is 1.15. The Morgan fingerprint density at radius 2 is 1.50 bits per heavy atom. The molecule has 29 heteroatoms. The lowest BCUT2D eigenvalue weighted by Crippen LogP contribution is -2.51. The van der Waals surface area contributed by atoms with Crippen molar-refractivity contribution in [2.45, 2.75) is 152 Å². The highest BCUT2D eigenvalue weighted by Crippen LogP contribution is 2.33. The number of aryl methyl sites for hydroxylation is 1. The van der Waals surface area contributed by atoms with Crippen LogP contribution < -0.4 is 43.4 Å². The number of amides is 8. The van der Waals surface area contributed by atoms with Crippen molar-refractivity contribution in [1.29, 1.82) is 0 Å². The van der Waals surface area contributed by atoms with Crippen molar-refractivity contribution in [2.75, 3.05) is 58.5 Å². The zero-order chi connectivity index (χ0) is 59.6. The van der Waals surface area contributed by atoms with E-state index in [0.29, 0.717) is 49.7 Å². The van der Waals surface area contributed by atoms with Crippen molar-refractivity contribution in [3.63, 3.8) is 0 Å². The number of aliphatic hydroxyl groups is 1. The fourth-order valence-electron chi connectivity index (χ4n) is 9.82. The second-order valence-electron chi connectivity index (χ2n) is 21.3. The summed E-state index contributed by atoms with van der Waals surface area (Å²) in [6.45, 7) is 2.71. The van der Waals surface area contributed by atoms with Gasteiger partial charge in [-0.15, -0.1) is 5.10 Å².